The number of thiazole rings is 1. The molecule has 2 aromatic carbocycles. The van der Waals surface area contributed by atoms with Gasteiger partial charge in [0.05, 0.1) is 10.7 Å². The van der Waals surface area contributed by atoms with E-state index in [1.165, 1.54) is 0 Å². The van der Waals surface area contributed by atoms with Crippen molar-refractivity contribution < 1.29 is 4.79 Å². The molecule has 1 N–H and O–H groups in total. The predicted octanol–water partition coefficient (Wildman–Crippen LogP) is 5.09. The lowest BCUT2D eigenvalue weighted by molar-refractivity contribution is -0.111. The van der Waals surface area contributed by atoms with E-state index < -0.39 is 0 Å². The molecule has 0 aliphatic carbocycles. The Morgan fingerprint density at radius 1 is 1.10 bits per heavy atom. The Kier molecular flexibility index (Phi) is 5.98. The summed E-state index contributed by atoms with van der Waals surface area (Å²) >= 11 is 1.62. The summed E-state index contributed by atoms with van der Waals surface area (Å²) < 4.78 is 0. The molecule has 0 fully saturated rings. The zero-order chi connectivity index (χ0) is 20.8. The molecule has 0 aliphatic rings. The van der Waals surface area contributed by atoms with Crippen molar-refractivity contribution in [2.75, 3.05) is 5.32 Å². The summed E-state index contributed by atoms with van der Waals surface area (Å²) in [5, 5.41) is 5.92. The number of hydrogen-bond acceptors (Lipinski definition) is 4. The van der Waals surface area contributed by atoms with E-state index in [0.717, 1.165) is 38.6 Å². The molecule has 0 aliphatic heterocycles. The molecule has 0 radical (unpaired) electrons. The third kappa shape index (κ3) is 4.99. The van der Waals surface area contributed by atoms with Crippen molar-refractivity contribution in [3.05, 3.63) is 100 Å². The molecule has 0 atom stereocenters. The fraction of sp³-hybridized carbons (Fsp3) is 0.0800. The maximum Gasteiger partial charge on any atom is 0.300 e. The number of rotatable bonds is 4. The van der Waals surface area contributed by atoms with Gasteiger partial charge in [0.25, 0.3) is 0 Å². The summed E-state index contributed by atoms with van der Waals surface area (Å²) in [6.07, 6.45) is 4.27. The van der Waals surface area contributed by atoms with E-state index in [1.54, 1.807) is 17.5 Å². The van der Waals surface area contributed by atoms with E-state index in [0.29, 0.717) is 6.42 Å². The minimum absolute atomic E-state index is 0.332. The molecular formula is C25H19N3OS. The molecule has 0 unspecified atom stereocenters. The van der Waals surface area contributed by atoms with Gasteiger partial charge in [-0.25, -0.2) is 4.98 Å². The third-order valence-electron chi connectivity index (χ3n) is 4.55. The summed E-state index contributed by atoms with van der Waals surface area (Å²) in [6.45, 7) is 2.06. The van der Waals surface area contributed by atoms with E-state index in [4.69, 9.17) is 4.98 Å². The van der Waals surface area contributed by atoms with Crippen LogP contribution < -0.4 is 5.32 Å². The van der Waals surface area contributed by atoms with Crippen LogP contribution in [-0.2, 0) is 11.2 Å². The molecule has 2 heterocycles. The van der Waals surface area contributed by atoms with E-state index in [1.807, 2.05) is 72.2 Å². The zero-order valence-electron chi connectivity index (χ0n) is 16.4. The van der Waals surface area contributed by atoms with Gasteiger partial charge in [0.2, 0.25) is 0 Å². The van der Waals surface area contributed by atoms with Gasteiger partial charge < -0.3 is 5.32 Å². The van der Waals surface area contributed by atoms with Crippen LogP contribution in [-0.4, -0.2) is 15.9 Å². The smallest absolute Gasteiger partial charge is 0.300 e. The number of aromatic nitrogens is 2. The molecule has 4 aromatic rings. The quantitative estimate of drug-likeness (QED) is 0.478. The molecular weight excluding hydrogens is 390 g/mol. The molecule has 146 valence electrons. The first-order valence-electron chi connectivity index (χ1n) is 9.50. The Balaban J connectivity index is 1.47. The van der Waals surface area contributed by atoms with Crippen LogP contribution in [0.25, 0.3) is 11.3 Å². The molecule has 4 rings (SSSR count). The third-order valence-corrected chi connectivity index (χ3v) is 5.40. The fourth-order valence-electron chi connectivity index (χ4n) is 2.95. The van der Waals surface area contributed by atoms with Crippen LogP contribution in [0.2, 0.25) is 0 Å². The number of benzene rings is 2. The second kappa shape index (κ2) is 9.17. The largest absolute Gasteiger partial charge is 0.315 e. The van der Waals surface area contributed by atoms with Crippen molar-refractivity contribution in [1.82, 2.24) is 9.97 Å². The fourth-order valence-corrected chi connectivity index (χ4v) is 3.78. The van der Waals surface area contributed by atoms with Gasteiger partial charge in [-0.05, 0) is 54.4 Å². The molecule has 0 spiro atoms. The monoisotopic (exact) mass is 409 g/mol. The number of pyridine rings is 1. The molecule has 5 heteroatoms. The van der Waals surface area contributed by atoms with Crippen molar-refractivity contribution in [1.29, 1.82) is 0 Å². The van der Waals surface area contributed by atoms with Gasteiger partial charge in [-0.2, -0.15) is 0 Å². The summed E-state index contributed by atoms with van der Waals surface area (Å²) in [5.41, 5.74) is 5.76. The first-order chi connectivity index (χ1) is 14.7. The number of hydrogen-bond donors (Lipinski definition) is 1. The summed E-state index contributed by atoms with van der Waals surface area (Å²) in [4.78, 5) is 21.1. The normalized spacial score (nSPS) is 10.2. The van der Waals surface area contributed by atoms with E-state index in [-0.39, 0.29) is 5.91 Å². The molecule has 4 nitrogen and oxygen atoms in total. The zero-order valence-corrected chi connectivity index (χ0v) is 17.2. The van der Waals surface area contributed by atoms with Gasteiger partial charge in [-0.3, -0.25) is 9.78 Å². The van der Waals surface area contributed by atoms with Gasteiger partial charge >= 0.3 is 5.91 Å². The van der Waals surface area contributed by atoms with Crippen LogP contribution in [0.4, 0.5) is 5.69 Å². The highest BCUT2D eigenvalue weighted by Gasteiger charge is 2.09. The predicted molar refractivity (Wildman–Crippen MR) is 121 cm³/mol. The van der Waals surface area contributed by atoms with Crippen molar-refractivity contribution in [3.8, 4) is 23.1 Å². The van der Waals surface area contributed by atoms with Crippen molar-refractivity contribution >= 4 is 22.9 Å². The lowest BCUT2D eigenvalue weighted by atomic mass is 10.0. The number of nitrogens with one attached hydrogen (secondary N) is 1. The number of nitrogens with zero attached hydrogens (tertiary/aromatic N) is 2. The number of anilines is 1. The topological polar surface area (TPSA) is 54.9 Å². The minimum Gasteiger partial charge on any atom is -0.315 e. The Hall–Kier alpha value is -3.75. The highest BCUT2D eigenvalue weighted by atomic mass is 32.1. The first-order valence-corrected chi connectivity index (χ1v) is 10.4. The maximum atomic E-state index is 12.2. The SMILES string of the molecule is Cc1ccc(NC(=O)C#Cc2ccccc2)cc1Cc1nc(-c2cccnc2)cs1. The molecule has 30 heavy (non-hydrogen) atoms. The average molecular weight is 410 g/mol. The highest BCUT2D eigenvalue weighted by molar-refractivity contribution is 7.10. The lowest BCUT2D eigenvalue weighted by Crippen LogP contribution is -2.09. The summed E-state index contributed by atoms with van der Waals surface area (Å²) in [5.74, 6) is 5.18. The molecule has 2 aromatic heterocycles. The Labute approximate surface area is 179 Å². The van der Waals surface area contributed by atoms with Crippen molar-refractivity contribution in [2.45, 2.75) is 13.3 Å². The van der Waals surface area contributed by atoms with Gasteiger partial charge in [-0.1, -0.05) is 30.2 Å². The second-order valence-electron chi connectivity index (χ2n) is 6.76. The standard InChI is InChI=1S/C25H19N3OS/c1-18-9-11-22(27-24(29)12-10-19-6-3-2-4-7-19)14-21(18)15-25-28-23(17-30-25)20-8-5-13-26-16-20/h2-9,11,13-14,16-17H,15H2,1H3,(H,27,29). The summed E-state index contributed by atoms with van der Waals surface area (Å²) in [6, 6.07) is 19.3. The Bertz CT molecular complexity index is 1220. The first kappa shape index (κ1) is 19.6. The molecule has 0 bridgehead atoms. The van der Waals surface area contributed by atoms with Gasteiger partial charge in [-0.15, -0.1) is 11.3 Å². The van der Waals surface area contributed by atoms with Crippen molar-refractivity contribution in [2.24, 2.45) is 0 Å². The lowest BCUT2D eigenvalue weighted by Gasteiger charge is -2.08. The van der Waals surface area contributed by atoms with E-state index in [9.17, 15) is 4.79 Å². The van der Waals surface area contributed by atoms with Gasteiger partial charge in [0.1, 0.15) is 0 Å². The Morgan fingerprint density at radius 3 is 2.77 bits per heavy atom. The summed E-state index contributed by atoms with van der Waals surface area (Å²) in [7, 11) is 0. The molecule has 1 amide bonds. The number of amides is 1. The van der Waals surface area contributed by atoms with Gasteiger partial charge in [0, 0.05) is 46.9 Å². The van der Waals surface area contributed by atoms with E-state index >= 15 is 0 Å². The average Bonchev–Trinajstić information content (AvgIpc) is 3.25. The van der Waals surface area contributed by atoms with Gasteiger partial charge in [0.15, 0.2) is 0 Å². The number of carbonyl (C=O) groups is 1. The van der Waals surface area contributed by atoms with Crippen molar-refractivity contribution in [3.63, 3.8) is 0 Å². The maximum absolute atomic E-state index is 12.2. The van der Waals surface area contributed by atoms with Crippen LogP contribution in [0.3, 0.4) is 0 Å². The second-order valence-corrected chi connectivity index (χ2v) is 7.70. The molecule has 0 saturated carbocycles. The minimum atomic E-state index is -0.332. The van der Waals surface area contributed by atoms with Crippen LogP contribution in [0.5, 0.6) is 0 Å². The van der Waals surface area contributed by atoms with Crippen LogP contribution in [0, 0.1) is 18.8 Å². The number of carbonyl (C=O) groups excluding carboxylic acids is 1. The highest BCUT2D eigenvalue weighted by Crippen LogP contribution is 2.25. The molecule has 0 saturated heterocycles. The van der Waals surface area contributed by atoms with Crippen LogP contribution in [0.15, 0.2) is 78.4 Å². The number of aryl methyl sites for hydroxylation is 1. The van der Waals surface area contributed by atoms with Crippen LogP contribution >= 0.6 is 11.3 Å². The van der Waals surface area contributed by atoms with E-state index in [2.05, 4.69) is 29.1 Å². The van der Waals surface area contributed by atoms with Crippen LogP contribution in [0.1, 0.15) is 21.7 Å². The Morgan fingerprint density at radius 2 is 1.97 bits per heavy atom.